The van der Waals surface area contributed by atoms with Gasteiger partial charge >= 0.3 is 0 Å². The molecule has 0 atom stereocenters. The van der Waals surface area contributed by atoms with Gasteiger partial charge in [-0.25, -0.2) is 0 Å². The van der Waals surface area contributed by atoms with E-state index in [0.717, 1.165) is 12.8 Å². The highest BCUT2D eigenvalue weighted by Gasteiger charge is 2.15. The summed E-state index contributed by atoms with van der Waals surface area (Å²) < 4.78 is 0. The van der Waals surface area contributed by atoms with Crippen molar-refractivity contribution in [1.29, 1.82) is 0 Å². The Bertz CT molecular complexity index is 135. The largest absolute Gasteiger partial charge is 0.369 e. The van der Waals surface area contributed by atoms with Gasteiger partial charge in [0.15, 0.2) is 0 Å². The van der Waals surface area contributed by atoms with Crippen LogP contribution in [-0.2, 0) is 4.79 Å². The molecule has 2 nitrogen and oxygen atoms in total. The minimum atomic E-state index is -0.0862. The molecule has 70 valence electrons. The van der Waals surface area contributed by atoms with E-state index in [9.17, 15) is 4.79 Å². The van der Waals surface area contributed by atoms with Crippen molar-refractivity contribution in [3.8, 4) is 0 Å². The highest BCUT2D eigenvalue weighted by atomic mass is 16.1. The zero-order valence-electron chi connectivity index (χ0n) is 7.72. The number of carbonyl (C=O) groups is 1. The van der Waals surface area contributed by atoms with Gasteiger partial charge in [-0.1, -0.05) is 38.5 Å². The van der Waals surface area contributed by atoms with Crippen molar-refractivity contribution in [2.45, 2.75) is 51.4 Å². The number of amides is 1. The lowest BCUT2D eigenvalue weighted by Crippen LogP contribution is -2.22. The third kappa shape index (κ3) is 3.24. The van der Waals surface area contributed by atoms with Crippen LogP contribution in [0, 0.1) is 5.92 Å². The molecular weight excluding hydrogens is 150 g/mol. The van der Waals surface area contributed by atoms with Crippen molar-refractivity contribution in [3.05, 3.63) is 0 Å². The summed E-state index contributed by atoms with van der Waals surface area (Å²) in [5.74, 6) is 0.0833. The molecule has 1 fully saturated rings. The Morgan fingerprint density at radius 3 is 1.75 bits per heavy atom. The molecule has 0 unspecified atom stereocenters. The highest BCUT2D eigenvalue weighted by molar-refractivity contribution is 5.76. The molecule has 2 heteroatoms. The van der Waals surface area contributed by atoms with E-state index in [-0.39, 0.29) is 11.8 Å². The lowest BCUT2D eigenvalue weighted by Gasteiger charge is -2.10. The fourth-order valence-corrected chi connectivity index (χ4v) is 1.92. The zero-order chi connectivity index (χ0) is 8.81. The lowest BCUT2D eigenvalue weighted by molar-refractivity contribution is -0.122. The smallest absolute Gasteiger partial charge is 0.220 e. The summed E-state index contributed by atoms with van der Waals surface area (Å²) in [5, 5.41) is 0. The number of hydrogen-bond donors (Lipinski definition) is 1. The van der Waals surface area contributed by atoms with Crippen molar-refractivity contribution in [2.75, 3.05) is 0 Å². The first-order valence-corrected chi connectivity index (χ1v) is 5.10. The summed E-state index contributed by atoms with van der Waals surface area (Å²) in [6, 6.07) is 0. The van der Waals surface area contributed by atoms with Crippen LogP contribution in [0.5, 0.6) is 0 Å². The standard InChI is InChI=1S/C10H19NO/c11-10(12)9-7-5-3-1-2-4-6-8-9/h9H,1-8H2,(H2,11,12). The molecule has 0 aromatic heterocycles. The van der Waals surface area contributed by atoms with E-state index >= 15 is 0 Å². The second-order valence-electron chi connectivity index (χ2n) is 3.80. The molecule has 0 radical (unpaired) electrons. The van der Waals surface area contributed by atoms with Gasteiger partial charge in [0, 0.05) is 5.92 Å². The number of primary amides is 1. The maximum atomic E-state index is 11.0. The molecule has 0 aliphatic heterocycles. The fourth-order valence-electron chi connectivity index (χ4n) is 1.92. The van der Waals surface area contributed by atoms with Gasteiger partial charge in [-0.15, -0.1) is 0 Å². The monoisotopic (exact) mass is 169 g/mol. The van der Waals surface area contributed by atoms with Gasteiger partial charge in [-0.2, -0.15) is 0 Å². The second-order valence-corrected chi connectivity index (χ2v) is 3.80. The summed E-state index contributed by atoms with van der Waals surface area (Å²) in [7, 11) is 0. The van der Waals surface area contributed by atoms with E-state index in [4.69, 9.17) is 5.73 Å². The van der Waals surface area contributed by atoms with Crippen LogP contribution >= 0.6 is 0 Å². The molecule has 1 aliphatic rings. The van der Waals surface area contributed by atoms with Crippen molar-refractivity contribution in [3.63, 3.8) is 0 Å². The van der Waals surface area contributed by atoms with Gasteiger partial charge in [0.1, 0.15) is 0 Å². The van der Waals surface area contributed by atoms with Crippen LogP contribution in [-0.4, -0.2) is 5.91 Å². The van der Waals surface area contributed by atoms with E-state index in [2.05, 4.69) is 0 Å². The number of rotatable bonds is 1. The summed E-state index contributed by atoms with van der Waals surface area (Å²) in [5.41, 5.74) is 5.30. The van der Waals surface area contributed by atoms with Crippen LogP contribution in [0.1, 0.15) is 51.4 Å². The summed E-state index contributed by atoms with van der Waals surface area (Å²) >= 11 is 0. The van der Waals surface area contributed by atoms with Crippen molar-refractivity contribution < 1.29 is 4.79 Å². The average Bonchev–Trinajstić information content (AvgIpc) is 2.15. The Labute approximate surface area is 74.5 Å². The third-order valence-electron chi connectivity index (χ3n) is 2.76. The van der Waals surface area contributed by atoms with Gasteiger partial charge in [-0.3, -0.25) is 4.79 Å². The van der Waals surface area contributed by atoms with Crippen molar-refractivity contribution in [1.82, 2.24) is 0 Å². The molecule has 0 bridgehead atoms. The molecule has 1 rings (SSSR count). The molecule has 1 saturated carbocycles. The van der Waals surface area contributed by atoms with Crippen molar-refractivity contribution >= 4 is 5.91 Å². The first-order valence-electron chi connectivity index (χ1n) is 5.10. The quantitative estimate of drug-likeness (QED) is 0.642. The van der Waals surface area contributed by atoms with Crippen LogP contribution in [0.25, 0.3) is 0 Å². The SMILES string of the molecule is NC(=O)C1CCCCCCCC1. The Kier molecular flexibility index (Phi) is 4.12. The highest BCUT2D eigenvalue weighted by Crippen LogP contribution is 2.21. The van der Waals surface area contributed by atoms with Gasteiger partial charge in [0.2, 0.25) is 5.91 Å². The molecule has 2 N–H and O–H groups in total. The molecule has 0 heterocycles. The first kappa shape index (κ1) is 9.56. The van der Waals surface area contributed by atoms with Gasteiger partial charge in [0.25, 0.3) is 0 Å². The Morgan fingerprint density at radius 1 is 0.917 bits per heavy atom. The van der Waals surface area contributed by atoms with Gasteiger partial charge in [0.05, 0.1) is 0 Å². The van der Waals surface area contributed by atoms with Crippen molar-refractivity contribution in [2.24, 2.45) is 11.7 Å². The normalized spacial score (nSPS) is 22.3. The van der Waals surface area contributed by atoms with E-state index in [0.29, 0.717) is 0 Å². The van der Waals surface area contributed by atoms with Crippen LogP contribution in [0.2, 0.25) is 0 Å². The molecule has 0 aromatic rings. The molecule has 1 aliphatic carbocycles. The van der Waals surface area contributed by atoms with E-state index in [1.54, 1.807) is 0 Å². The summed E-state index contributed by atoms with van der Waals surface area (Å²) in [4.78, 5) is 11.0. The minimum absolute atomic E-state index is 0.0862. The number of nitrogens with two attached hydrogens (primary N) is 1. The average molecular weight is 169 g/mol. The predicted octanol–water partition coefficient (Wildman–Crippen LogP) is 2.22. The van der Waals surface area contributed by atoms with Crippen LogP contribution in [0.4, 0.5) is 0 Å². The topological polar surface area (TPSA) is 43.1 Å². The Morgan fingerprint density at radius 2 is 1.33 bits per heavy atom. The number of hydrogen-bond acceptors (Lipinski definition) is 1. The summed E-state index contributed by atoms with van der Waals surface area (Å²) in [6.07, 6.45) is 9.66. The van der Waals surface area contributed by atoms with E-state index in [1.165, 1.54) is 38.5 Å². The maximum absolute atomic E-state index is 11.0. The zero-order valence-corrected chi connectivity index (χ0v) is 7.72. The Hall–Kier alpha value is -0.530. The minimum Gasteiger partial charge on any atom is -0.369 e. The van der Waals surface area contributed by atoms with Crippen LogP contribution < -0.4 is 5.73 Å². The Balaban J connectivity index is 2.33. The molecule has 0 spiro atoms. The molecular formula is C10H19NO. The second kappa shape index (κ2) is 5.18. The van der Waals surface area contributed by atoms with Crippen LogP contribution in [0.3, 0.4) is 0 Å². The fraction of sp³-hybridized carbons (Fsp3) is 0.900. The van der Waals surface area contributed by atoms with Gasteiger partial charge in [-0.05, 0) is 12.8 Å². The third-order valence-corrected chi connectivity index (χ3v) is 2.76. The van der Waals surface area contributed by atoms with Crippen LogP contribution in [0.15, 0.2) is 0 Å². The molecule has 0 saturated heterocycles. The maximum Gasteiger partial charge on any atom is 0.220 e. The van der Waals surface area contributed by atoms with Gasteiger partial charge < -0.3 is 5.73 Å². The van der Waals surface area contributed by atoms with E-state index < -0.39 is 0 Å². The number of carbonyl (C=O) groups excluding carboxylic acids is 1. The van der Waals surface area contributed by atoms with E-state index in [1.807, 2.05) is 0 Å². The molecule has 12 heavy (non-hydrogen) atoms. The lowest BCUT2D eigenvalue weighted by atomic mass is 9.96. The molecule has 1 amide bonds. The summed E-state index contributed by atoms with van der Waals surface area (Å²) in [6.45, 7) is 0. The molecule has 0 aromatic carbocycles. The predicted molar refractivity (Wildman–Crippen MR) is 49.6 cm³/mol. The first-order chi connectivity index (χ1) is 5.80.